The molecule has 1 atom stereocenters. The molecule has 0 aromatic heterocycles. The van der Waals surface area contributed by atoms with Crippen LogP contribution in [0.4, 0.5) is 5.69 Å². The molecule has 1 unspecified atom stereocenters. The van der Waals surface area contributed by atoms with Crippen molar-refractivity contribution in [2.45, 2.75) is 39.3 Å². The van der Waals surface area contributed by atoms with Gasteiger partial charge in [-0.25, -0.2) is 0 Å². The van der Waals surface area contributed by atoms with E-state index in [9.17, 15) is 4.79 Å². The van der Waals surface area contributed by atoms with Gasteiger partial charge in [0, 0.05) is 32.2 Å². The Balaban J connectivity index is 0.00000320. The number of rotatable bonds is 7. The van der Waals surface area contributed by atoms with Crippen molar-refractivity contribution in [2.24, 2.45) is 4.99 Å². The highest BCUT2D eigenvalue weighted by molar-refractivity contribution is 14.0. The third kappa shape index (κ3) is 6.62. The summed E-state index contributed by atoms with van der Waals surface area (Å²) >= 11 is 0. The number of nitrogens with zero attached hydrogens (tertiary/aromatic N) is 2. The summed E-state index contributed by atoms with van der Waals surface area (Å²) in [7, 11) is 1.75. The van der Waals surface area contributed by atoms with Crippen LogP contribution in [-0.2, 0) is 11.3 Å². The van der Waals surface area contributed by atoms with E-state index in [1.54, 1.807) is 7.05 Å². The molecule has 7 heteroatoms. The molecular formula is C23H31IN4O2. The van der Waals surface area contributed by atoms with Crippen molar-refractivity contribution in [3.8, 4) is 5.75 Å². The van der Waals surface area contributed by atoms with Crippen LogP contribution in [0.5, 0.6) is 5.75 Å². The highest BCUT2D eigenvalue weighted by atomic mass is 127. The number of halogens is 1. The number of carbonyl (C=O) groups excluding carboxylic acids is 1. The first-order valence-corrected chi connectivity index (χ1v) is 10.1. The zero-order valence-electron chi connectivity index (χ0n) is 17.9. The quantitative estimate of drug-likeness (QED) is 0.329. The van der Waals surface area contributed by atoms with Gasteiger partial charge in [0.1, 0.15) is 11.9 Å². The second-order valence-electron chi connectivity index (χ2n) is 7.32. The second-order valence-corrected chi connectivity index (χ2v) is 7.32. The first-order chi connectivity index (χ1) is 14.1. The lowest BCUT2D eigenvalue weighted by Crippen LogP contribution is -2.41. The molecule has 0 radical (unpaired) electrons. The fourth-order valence-electron chi connectivity index (χ4n) is 3.31. The fraction of sp³-hybridized carbons (Fsp3) is 0.391. The lowest BCUT2D eigenvalue weighted by molar-refractivity contribution is -0.117. The van der Waals surface area contributed by atoms with Crippen LogP contribution in [0.1, 0.15) is 30.9 Å². The zero-order chi connectivity index (χ0) is 20.6. The third-order valence-corrected chi connectivity index (χ3v) is 4.98. The normalized spacial score (nSPS) is 14.8. The summed E-state index contributed by atoms with van der Waals surface area (Å²) in [6.07, 6.45) is 1.60. The van der Waals surface area contributed by atoms with Crippen molar-refractivity contribution in [1.29, 1.82) is 0 Å². The Bertz CT molecular complexity index is 855. The first-order valence-electron chi connectivity index (χ1n) is 10.1. The number of aryl methyl sites for hydroxylation is 1. The van der Waals surface area contributed by atoms with E-state index in [1.807, 2.05) is 67.3 Å². The topological polar surface area (TPSA) is 66.0 Å². The SMILES string of the molecule is CN=C(NCc1ccc(N2CCCC2=O)cc1)NCC(C)Oc1ccccc1C.I. The lowest BCUT2D eigenvalue weighted by atomic mass is 10.2. The molecule has 1 saturated heterocycles. The minimum Gasteiger partial charge on any atom is -0.489 e. The van der Waals surface area contributed by atoms with Crippen molar-refractivity contribution in [3.63, 3.8) is 0 Å². The Hall–Kier alpha value is -2.29. The summed E-state index contributed by atoms with van der Waals surface area (Å²) in [6, 6.07) is 16.1. The molecule has 3 rings (SSSR count). The number of aliphatic imine (C=N–C) groups is 1. The summed E-state index contributed by atoms with van der Waals surface area (Å²) in [5, 5.41) is 6.62. The van der Waals surface area contributed by atoms with Crippen molar-refractivity contribution < 1.29 is 9.53 Å². The highest BCUT2D eigenvalue weighted by Gasteiger charge is 2.21. The van der Waals surface area contributed by atoms with Gasteiger partial charge < -0.3 is 20.3 Å². The van der Waals surface area contributed by atoms with E-state index in [0.717, 1.165) is 41.5 Å². The molecule has 30 heavy (non-hydrogen) atoms. The maximum atomic E-state index is 11.9. The van der Waals surface area contributed by atoms with E-state index in [1.165, 1.54) is 0 Å². The molecule has 1 aliphatic rings. The standard InChI is InChI=1S/C23H30N4O2.HI/c1-17-7-4-5-8-21(17)29-18(2)15-25-23(24-3)26-16-19-10-12-20(13-11-19)27-14-6-9-22(27)28;/h4-5,7-8,10-13,18H,6,9,14-16H2,1-3H3,(H2,24,25,26);1H. The van der Waals surface area contributed by atoms with Crippen LogP contribution in [0, 0.1) is 6.92 Å². The molecule has 0 saturated carbocycles. The molecule has 1 heterocycles. The van der Waals surface area contributed by atoms with Crippen molar-refractivity contribution >= 4 is 41.5 Å². The van der Waals surface area contributed by atoms with Gasteiger partial charge in [-0.2, -0.15) is 0 Å². The molecule has 1 aliphatic heterocycles. The van der Waals surface area contributed by atoms with Gasteiger partial charge in [-0.1, -0.05) is 30.3 Å². The van der Waals surface area contributed by atoms with E-state index in [-0.39, 0.29) is 36.0 Å². The maximum Gasteiger partial charge on any atom is 0.227 e. The predicted octanol–water partition coefficient (Wildman–Crippen LogP) is 3.87. The predicted molar refractivity (Wildman–Crippen MR) is 133 cm³/mol. The Morgan fingerprint density at radius 2 is 1.90 bits per heavy atom. The van der Waals surface area contributed by atoms with Crippen LogP contribution in [-0.4, -0.2) is 38.1 Å². The number of amides is 1. The van der Waals surface area contributed by atoms with E-state index >= 15 is 0 Å². The Morgan fingerprint density at radius 3 is 2.53 bits per heavy atom. The van der Waals surface area contributed by atoms with E-state index in [0.29, 0.717) is 19.5 Å². The number of hydrogen-bond acceptors (Lipinski definition) is 3. The van der Waals surface area contributed by atoms with Gasteiger partial charge in [-0.15, -0.1) is 24.0 Å². The number of hydrogen-bond donors (Lipinski definition) is 2. The summed E-state index contributed by atoms with van der Waals surface area (Å²) < 4.78 is 6.00. The molecule has 1 amide bonds. The molecule has 6 nitrogen and oxygen atoms in total. The number of guanidine groups is 1. The first kappa shape index (κ1) is 24.0. The largest absolute Gasteiger partial charge is 0.489 e. The molecule has 0 spiro atoms. The van der Waals surface area contributed by atoms with Gasteiger partial charge in [0.25, 0.3) is 0 Å². The van der Waals surface area contributed by atoms with Crippen LogP contribution in [0.15, 0.2) is 53.5 Å². The lowest BCUT2D eigenvalue weighted by Gasteiger charge is -2.19. The number of nitrogens with one attached hydrogen (secondary N) is 2. The number of anilines is 1. The second kappa shape index (κ2) is 11.8. The summed E-state index contributed by atoms with van der Waals surface area (Å²) in [5.74, 6) is 1.84. The molecule has 2 aromatic rings. The molecule has 0 bridgehead atoms. The van der Waals surface area contributed by atoms with Crippen LogP contribution < -0.4 is 20.3 Å². The molecule has 2 aromatic carbocycles. The highest BCUT2D eigenvalue weighted by Crippen LogP contribution is 2.21. The van der Waals surface area contributed by atoms with Crippen LogP contribution in [0.25, 0.3) is 0 Å². The average molecular weight is 522 g/mol. The fourth-order valence-corrected chi connectivity index (χ4v) is 3.31. The van der Waals surface area contributed by atoms with Crippen LogP contribution in [0.2, 0.25) is 0 Å². The monoisotopic (exact) mass is 522 g/mol. The van der Waals surface area contributed by atoms with Gasteiger partial charge in [-0.3, -0.25) is 9.79 Å². The van der Waals surface area contributed by atoms with Gasteiger partial charge >= 0.3 is 0 Å². The smallest absolute Gasteiger partial charge is 0.227 e. The van der Waals surface area contributed by atoms with Crippen LogP contribution in [0.3, 0.4) is 0 Å². The average Bonchev–Trinajstić information content (AvgIpc) is 3.16. The molecule has 2 N–H and O–H groups in total. The third-order valence-electron chi connectivity index (χ3n) is 4.98. The summed E-state index contributed by atoms with van der Waals surface area (Å²) in [5.41, 5.74) is 3.23. The molecular weight excluding hydrogens is 491 g/mol. The van der Waals surface area contributed by atoms with E-state index in [4.69, 9.17) is 4.74 Å². The molecule has 1 fully saturated rings. The van der Waals surface area contributed by atoms with E-state index < -0.39 is 0 Å². The van der Waals surface area contributed by atoms with Gasteiger partial charge in [-0.05, 0) is 49.6 Å². The Morgan fingerprint density at radius 1 is 1.17 bits per heavy atom. The molecule has 0 aliphatic carbocycles. The number of carbonyl (C=O) groups is 1. The summed E-state index contributed by atoms with van der Waals surface area (Å²) in [6.45, 7) is 6.19. The van der Waals surface area contributed by atoms with Gasteiger partial charge in [0.2, 0.25) is 5.91 Å². The van der Waals surface area contributed by atoms with Crippen molar-refractivity contribution in [3.05, 3.63) is 59.7 Å². The molecule has 162 valence electrons. The van der Waals surface area contributed by atoms with Crippen molar-refractivity contribution in [1.82, 2.24) is 10.6 Å². The van der Waals surface area contributed by atoms with Crippen molar-refractivity contribution in [2.75, 3.05) is 25.0 Å². The number of benzene rings is 2. The van der Waals surface area contributed by atoms with Crippen LogP contribution >= 0.6 is 24.0 Å². The summed E-state index contributed by atoms with van der Waals surface area (Å²) in [4.78, 5) is 18.0. The Kier molecular flexibility index (Phi) is 9.42. The zero-order valence-corrected chi connectivity index (χ0v) is 20.2. The van der Waals surface area contributed by atoms with Gasteiger partial charge in [0.15, 0.2) is 5.96 Å². The van der Waals surface area contributed by atoms with E-state index in [2.05, 4.69) is 15.6 Å². The minimum atomic E-state index is 0. The number of para-hydroxylation sites is 1. The minimum absolute atomic E-state index is 0. The maximum absolute atomic E-state index is 11.9. The Labute approximate surface area is 196 Å². The number of ether oxygens (including phenoxy) is 1. The van der Waals surface area contributed by atoms with Gasteiger partial charge in [0.05, 0.1) is 6.54 Å².